The smallest absolute Gasteiger partial charge is 0.124 e. The van der Waals surface area contributed by atoms with E-state index in [2.05, 4.69) is 23.9 Å². The lowest BCUT2D eigenvalue weighted by molar-refractivity contribution is 0.179. The molecule has 0 amide bonds. The summed E-state index contributed by atoms with van der Waals surface area (Å²) in [5.41, 5.74) is 6.82. The molecular weight excluding hydrogens is 277 g/mol. The van der Waals surface area contributed by atoms with Crippen molar-refractivity contribution in [2.75, 3.05) is 33.7 Å². The van der Waals surface area contributed by atoms with Gasteiger partial charge in [0.05, 0.1) is 0 Å². The number of hydrogen-bond acceptors (Lipinski definition) is 3. The highest BCUT2D eigenvalue weighted by Gasteiger charge is 2.26. The van der Waals surface area contributed by atoms with Crippen LogP contribution in [0.1, 0.15) is 24.4 Å². The molecule has 0 saturated carbocycles. The molecule has 2 rings (SSSR count). The predicted octanol–water partition coefficient (Wildman–Crippen LogP) is 2.50. The maximum Gasteiger partial charge on any atom is 0.124 e. The highest BCUT2D eigenvalue weighted by Crippen LogP contribution is 2.28. The topological polar surface area (TPSA) is 32.5 Å². The molecular formula is C15H23ClFN3. The third kappa shape index (κ3) is 3.50. The minimum atomic E-state index is -0.312. The normalized spacial score (nSPS) is 21.6. The Bertz CT molecular complexity index is 455. The van der Waals surface area contributed by atoms with Gasteiger partial charge in [0, 0.05) is 30.2 Å². The Morgan fingerprint density at radius 1 is 1.55 bits per heavy atom. The number of likely N-dealkylation sites (tertiary alicyclic amines) is 1. The Morgan fingerprint density at radius 2 is 2.30 bits per heavy atom. The van der Waals surface area contributed by atoms with E-state index in [-0.39, 0.29) is 11.9 Å². The molecule has 5 heteroatoms. The summed E-state index contributed by atoms with van der Waals surface area (Å²) in [6.07, 6.45) is 2.47. The lowest BCUT2D eigenvalue weighted by Gasteiger charge is -2.32. The molecule has 1 fully saturated rings. The maximum absolute atomic E-state index is 13.2. The summed E-state index contributed by atoms with van der Waals surface area (Å²) in [5.74, 6) is -0.312. The summed E-state index contributed by atoms with van der Waals surface area (Å²) in [6.45, 7) is 2.58. The second kappa shape index (κ2) is 6.85. The zero-order chi connectivity index (χ0) is 14.7. The van der Waals surface area contributed by atoms with E-state index in [0.29, 0.717) is 17.6 Å². The summed E-state index contributed by atoms with van der Waals surface area (Å²) in [4.78, 5) is 4.61. The van der Waals surface area contributed by atoms with Crippen LogP contribution in [0.3, 0.4) is 0 Å². The van der Waals surface area contributed by atoms with Crippen LogP contribution in [0.4, 0.5) is 4.39 Å². The van der Waals surface area contributed by atoms with E-state index in [1.165, 1.54) is 25.0 Å². The van der Waals surface area contributed by atoms with Gasteiger partial charge in [0.25, 0.3) is 0 Å². The molecule has 1 saturated heterocycles. The van der Waals surface area contributed by atoms with Crippen LogP contribution in [0.5, 0.6) is 0 Å². The van der Waals surface area contributed by atoms with Crippen molar-refractivity contribution < 1.29 is 4.39 Å². The summed E-state index contributed by atoms with van der Waals surface area (Å²) in [7, 11) is 4.22. The highest BCUT2D eigenvalue weighted by atomic mass is 35.5. The molecule has 0 bridgehead atoms. The van der Waals surface area contributed by atoms with Crippen LogP contribution in [0.25, 0.3) is 0 Å². The van der Waals surface area contributed by atoms with Crippen LogP contribution >= 0.6 is 11.6 Å². The van der Waals surface area contributed by atoms with Crippen LogP contribution in [-0.2, 0) is 0 Å². The van der Waals surface area contributed by atoms with E-state index in [0.717, 1.165) is 18.7 Å². The largest absolute Gasteiger partial charge is 0.329 e. The van der Waals surface area contributed by atoms with Crippen molar-refractivity contribution in [1.82, 2.24) is 9.80 Å². The quantitative estimate of drug-likeness (QED) is 0.907. The van der Waals surface area contributed by atoms with Crippen molar-refractivity contribution in [3.05, 3.63) is 34.6 Å². The van der Waals surface area contributed by atoms with Gasteiger partial charge in [-0.1, -0.05) is 17.7 Å². The molecule has 1 aromatic rings. The fourth-order valence-corrected chi connectivity index (χ4v) is 3.28. The fourth-order valence-electron chi connectivity index (χ4n) is 2.99. The molecule has 0 aromatic heterocycles. The zero-order valence-electron chi connectivity index (χ0n) is 12.1. The van der Waals surface area contributed by atoms with E-state index in [1.807, 2.05) is 0 Å². The molecule has 0 radical (unpaired) electrons. The number of nitrogens with zero attached hydrogens (tertiary/aromatic N) is 2. The van der Waals surface area contributed by atoms with Gasteiger partial charge in [-0.3, -0.25) is 4.90 Å². The van der Waals surface area contributed by atoms with Gasteiger partial charge in [-0.05, 0) is 51.2 Å². The molecule has 1 aliphatic heterocycles. The van der Waals surface area contributed by atoms with E-state index in [9.17, 15) is 4.39 Å². The number of halogens is 2. The van der Waals surface area contributed by atoms with Crippen LogP contribution in [-0.4, -0.2) is 49.6 Å². The first kappa shape index (κ1) is 15.7. The minimum absolute atomic E-state index is 0.0251. The molecule has 2 N–H and O–H groups in total. The fraction of sp³-hybridized carbons (Fsp3) is 0.600. The summed E-state index contributed by atoms with van der Waals surface area (Å²) < 4.78 is 13.2. The molecule has 0 aliphatic carbocycles. The van der Waals surface area contributed by atoms with E-state index < -0.39 is 0 Å². The Balaban J connectivity index is 2.10. The number of nitrogens with two attached hydrogens (primary N) is 1. The number of benzene rings is 1. The number of rotatable bonds is 5. The minimum Gasteiger partial charge on any atom is -0.329 e. The monoisotopic (exact) mass is 299 g/mol. The molecule has 112 valence electrons. The Hall–Kier alpha value is -0.680. The highest BCUT2D eigenvalue weighted by molar-refractivity contribution is 6.31. The first-order valence-electron chi connectivity index (χ1n) is 7.08. The van der Waals surface area contributed by atoms with Gasteiger partial charge in [0.15, 0.2) is 0 Å². The van der Waals surface area contributed by atoms with Crippen molar-refractivity contribution in [3.8, 4) is 0 Å². The van der Waals surface area contributed by atoms with Gasteiger partial charge < -0.3 is 10.6 Å². The van der Waals surface area contributed by atoms with E-state index in [1.54, 1.807) is 6.07 Å². The van der Waals surface area contributed by atoms with Crippen molar-refractivity contribution in [1.29, 1.82) is 0 Å². The molecule has 0 spiro atoms. The lowest BCUT2D eigenvalue weighted by atomic mass is 10.0. The number of hydrogen-bond donors (Lipinski definition) is 1. The van der Waals surface area contributed by atoms with Gasteiger partial charge in [-0.15, -0.1) is 0 Å². The van der Waals surface area contributed by atoms with Gasteiger partial charge in [-0.2, -0.15) is 0 Å². The molecule has 1 aromatic carbocycles. The molecule has 1 aliphatic rings. The summed E-state index contributed by atoms with van der Waals surface area (Å²) in [5, 5.41) is 0.451. The van der Waals surface area contributed by atoms with Crippen LogP contribution in [0.15, 0.2) is 18.2 Å². The third-order valence-corrected chi connectivity index (χ3v) is 4.57. The van der Waals surface area contributed by atoms with Crippen molar-refractivity contribution in [2.45, 2.75) is 24.9 Å². The Morgan fingerprint density at radius 3 is 2.85 bits per heavy atom. The summed E-state index contributed by atoms with van der Waals surface area (Å²) in [6, 6.07) is 5.13. The lowest BCUT2D eigenvalue weighted by Crippen LogP contribution is -2.40. The first-order valence-corrected chi connectivity index (χ1v) is 7.46. The molecule has 20 heavy (non-hydrogen) atoms. The van der Waals surface area contributed by atoms with Crippen molar-refractivity contribution in [2.24, 2.45) is 5.73 Å². The van der Waals surface area contributed by atoms with Gasteiger partial charge >= 0.3 is 0 Å². The van der Waals surface area contributed by atoms with Crippen LogP contribution < -0.4 is 5.73 Å². The second-order valence-corrected chi connectivity index (χ2v) is 6.04. The zero-order valence-corrected chi connectivity index (χ0v) is 12.9. The Labute approximate surface area is 125 Å². The van der Waals surface area contributed by atoms with Crippen molar-refractivity contribution >= 4 is 11.6 Å². The summed E-state index contributed by atoms with van der Waals surface area (Å²) >= 11 is 6.16. The first-order chi connectivity index (χ1) is 9.52. The van der Waals surface area contributed by atoms with Gasteiger partial charge in [0.2, 0.25) is 0 Å². The SMILES string of the molecule is CN1CCCC1CN(C)C(CN)c1ccc(F)cc1Cl. The van der Waals surface area contributed by atoms with Gasteiger partial charge in [-0.25, -0.2) is 4.39 Å². The van der Waals surface area contributed by atoms with Gasteiger partial charge in [0.1, 0.15) is 5.82 Å². The van der Waals surface area contributed by atoms with Crippen molar-refractivity contribution in [3.63, 3.8) is 0 Å². The van der Waals surface area contributed by atoms with Crippen LogP contribution in [0, 0.1) is 5.82 Å². The van der Waals surface area contributed by atoms with E-state index in [4.69, 9.17) is 17.3 Å². The van der Waals surface area contributed by atoms with Crippen LogP contribution in [0.2, 0.25) is 5.02 Å². The maximum atomic E-state index is 13.2. The third-order valence-electron chi connectivity index (χ3n) is 4.25. The average Bonchev–Trinajstić information content (AvgIpc) is 2.78. The Kier molecular flexibility index (Phi) is 5.38. The molecule has 3 nitrogen and oxygen atoms in total. The average molecular weight is 300 g/mol. The standard InChI is InChI=1S/C15H23ClFN3/c1-19-7-3-4-12(19)10-20(2)15(9-18)13-6-5-11(17)8-14(13)16/h5-6,8,12,15H,3-4,7,9-10,18H2,1-2H3. The molecule has 1 heterocycles. The molecule has 2 unspecified atom stereocenters. The second-order valence-electron chi connectivity index (χ2n) is 5.63. The van der Waals surface area contributed by atoms with E-state index >= 15 is 0 Å². The predicted molar refractivity (Wildman–Crippen MR) is 81.5 cm³/mol. The number of likely N-dealkylation sites (N-methyl/N-ethyl adjacent to an activating group) is 2. The molecule has 2 atom stereocenters.